The summed E-state index contributed by atoms with van der Waals surface area (Å²) in [5, 5.41) is 4.30. The molecule has 0 bridgehead atoms. The van der Waals surface area contributed by atoms with Crippen LogP contribution in [-0.4, -0.2) is 51.7 Å². The van der Waals surface area contributed by atoms with E-state index in [4.69, 9.17) is 0 Å². The molecule has 0 N–H and O–H groups in total. The topological polar surface area (TPSA) is 41.4 Å². The second kappa shape index (κ2) is 6.18. The number of hydrogen-bond acceptors (Lipinski definition) is 3. The molecule has 0 saturated carbocycles. The minimum absolute atomic E-state index is 0.208. The lowest BCUT2D eigenvalue weighted by Gasteiger charge is -2.29. The Kier molecular flexibility index (Phi) is 4.29. The van der Waals surface area contributed by atoms with Crippen LogP contribution in [0.2, 0.25) is 0 Å². The number of nitrogens with zero attached hydrogens (tertiary/aromatic N) is 4. The molecule has 21 heavy (non-hydrogen) atoms. The lowest BCUT2D eigenvalue weighted by molar-refractivity contribution is -0.136. The predicted molar refractivity (Wildman–Crippen MR) is 81.8 cm³/mol. The molecule has 0 aromatic carbocycles. The van der Waals surface area contributed by atoms with Gasteiger partial charge in [0.25, 0.3) is 0 Å². The molecule has 2 saturated heterocycles. The van der Waals surface area contributed by atoms with E-state index < -0.39 is 0 Å². The minimum atomic E-state index is 0.208. The zero-order chi connectivity index (χ0) is 14.8. The Morgan fingerprint density at radius 2 is 2.05 bits per heavy atom. The monoisotopic (exact) mass is 290 g/mol. The van der Waals surface area contributed by atoms with Crippen molar-refractivity contribution in [3.63, 3.8) is 0 Å². The molecule has 1 unspecified atom stereocenters. The molecule has 1 atom stereocenters. The molecule has 116 valence electrons. The summed E-state index contributed by atoms with van der Waals surface area (Å²) in [6.07, 6.45) is 6.60. The first-order chi connectivity index (χ1) is 10.1. The van der Waals surface area contributed by atoms with Crippen molar-refractivity contribution in [2.45, 2.75) is 39.2 Å². The van der Waals surface area contributed by atoms with Crippen molar-refractivity contribution < 1.29 is 4.79 Å². The molecule has 3 heterocycles. The van der Waals surface area contributed by atoms with E-state index >= 15 is 0 Å². The van der Waals surface area contributed by atoms with E-state index in [1.165, 1.54) is 30.5 Å². The van der Waals surface area contributed by atoms with Crippen molar-refractivity contribution in [3.05, 3.63) is 17.5 Å². The smallest absolute Gasteiger partial charge is 0.227 e. The van der Waals surface area contributed by atoms with Crippen molar-refractivity contribution in [2.24, 2.45) is 13.0 Å². The fourth-order valence-corrected chi connectivity index (χ4v) is 3.49. The largest absolute Gasteiger partial charge is 0.342 e. The molecular weight excluding hydrogens is 264 g/mol. The lowest BCUT2D eigenvalue weighted by atomic mass is 10.0. The molecular formula is C16H26N4O. The van der Waals surface area contributed by atoms with Crippen LogP contribution in [0.1, 0.15) is 36.9 Å². The summed E-state index contributed by atoms with van der Waals surface area (Å²) in [5.74, 6) is 0.597. The minimum Gasteiger partial charge on any atom is -0.342 e. The highest BCUT2D eigenvalue weighted by Gasteiger charge is 2.32. The third-order valence-corrected chi connectivity index (χ3v) is 5.02. The third kappa shape index (κ3) is 3.12. The maximum atomic E-state index is 12.6. The van der Waals surface area contributed by atoms with Crippen molar-refractivity contribution in [3.8, 4) is 0 Å². The first-order valence-electron chi connectivity index (χ1n) is 8.14. The summed E-state index contributed by atoms with van der Waals surface area (Å²) in [7, 11) is 1.98. The van der Waals surface area contributed by atoms with Crippen LogP contribution in [0.5, 0.6) is 0 Å². The van der Waals surface area contributed by atoms with Gasteiger partial charge in [-0.25, -0.2) is 0 Å². The van der Waals surface area contributed by atoms with E-state index in [1.807, 2.05) is 17.9 Å². The van der Waals surface area contributed by atoms with Gasteiger partial charge in [-0.1, -0.05) is 0 Å². The summed E-state index contributed by atoms with van der Waals surface area (Å²) >= 11 is 0. The molecule has 0 spiro atoms. The highest BCUT2D eigenvalue weighted by molar-refractivity contribution is 5.79. The first-order valence-corrected chi connectivity index (χ1v) is 8.14. The molecule has 0 aliphatic carbocycles. The van der Waals surface area contributed by atoms with E-state index in [2.05, 4.69) is 21.8 Å². The molecule has 3 rings (SSSR count). The van der Waals surface area contributed by atoms with Gasteiger partial charge in [0, 0.05) is 44.5 Å². The zero-order valence-electron chi connectivity index (χ0n) is 13.2. The van der Waals surface area contributed by atoms with Crippen LogP contribution in [0.3, 0.4) is 0 Å². The van der Waals surface area contributed by atoms with Crippen LogP contribution >= 0.6 is 0 Å². The van der Waals surface area contributed by atoms with E-state index in [-0.39, 0.29) is 5.92 Å². The Morgan fingerprint density at radius 1 is 1.29 bits per heavy atom. The van der Waals surface area contributed by atoms with E-state index in [0.717, 1.165) is 39.1 Å². The zero-order valence-corrected chi connectivity index (χ0v) is 13.2. The second-order valence-corrected chi connectivity index (χ2v) is 6.49. The first kappa shape index (κ1) is 14.6. The Labute approximate surface area is 126 Å². The van der Waals surface area contributed by atoms with Crippen LogP contribution in [0, 0.1) is 12.8 Å². The van der Waals surface area contributed by atoms with Gasteiger partial charge in [-0.15, -0.1) is 0 Å². The van der Waals surface area contributed by atoms with Gasteiger partial charge >= 0.3 is 0 Å². The SMILES string of the molecule is Cc1c(CN2CCC(C(=O)N3CCCCC3)C2)cnn1C. The van der Waals surface area contributed by atoms with Gasteiger partial charge in [0.15, 0.2) is 0 Å². The molecule has 1 aromatic heterocycles. The standard InChI is InChI=1S/C16H26N4O/c1-13-15(10-17-18(13)2)12-19-9-6-14(11-19)16(21)20-7-4-3-5-8-20/h10,14H,3-9,11-12H2,1-2H3. The van der Waals surface area contributed by atoms with Crippen LogP contribution in [0.25, 0.3) is 0 Å². The molecule has 5 heteroatoms. The van der Waals surface area contributed by atoms with Crippen LogP contribution in [-0.2, 0) is 18.4 Å². The Morgan fingerprint density at radius 3 is 2.71 bits per heavy atom. The number of rotatable bonds is 3. The molecule has 5 nitrogen and oxygen atoms in total. The van der Waals surface area contributed by atoms with Gasteiger partial charge in [0.05, 0.1) is 12.1 Å². The summed E-state index contributed by atoms with van der Waals surface area (Å²) in [5.41, 5.74) is 2.50. The summed E-state index contributed by atoms with van der Waals surface area (Å²) in [4.78, 5) is 17.0. The maximum Gasteiger partial charge on any atom is 0.227 e. The normalized spacial score (nSPS) is 23.7. The number of piperidine rings is 1. The lowest BCUT2D eigenvalue weighted by Crippen LogP contribution is -2.40. The average molecular weight is 290 g/mol. The number of carbonyl (C=O) groups excluding carboxylic acids is 1. The van der Waals surface area contributed by atoms with E-state index in [0.29, 0.717) is 5.91 Å². The number of aromatic nitrogens is 2. The number of likely N-dealkylation sites (tertiary alicyclic amines) is 2. The highest BCUT2D eigenvalue weighted by Crippen LogP contribution is 2.23. The van der Waals surface area contributed by atoms with Gasteiger partial charge < -0.3 is 4.90 Å². The van der Waals surface area contributed by atoms with E-state index in [1.54, 1.807) is 0 Å². The van der Waals surface area contributed by atoms with Crippen LogP contribution < -0.4 is 0 Å². The molecule has 2 aliphatic heterocycles. The number of carbonyl (C=O) groups is 1. The van der Waals surface area contributed by atoms with Gasteiger partial charge in [-0.2, -0.15) is 5.10 Å². The highest BCUT2D eigenvalue weighted by atomic mass is 16.2. The van der Waals surface area contributed by atoms with E-state index in [9.17, 15) is 4.79 Å². The van der Waals surface area contributed by atoms with Crippen molar-refractivity contribution in [1.82, 2.24) is 19.6 Å². The average Bonchev–Trinajstić information content (AvgIpc) is 3.10. The molecule has 2 fully saturated rings. The van der Waals surface area contributed by atoms with Crippen molar-refractivity contribution in [1.29, 1.82) is 0 Å². The predicted octanol–water partition coefficient (Wildman–Crippen LogP) is 1.56. The van der Waals surface area contributed by atoms with Gasteiger partial charge in [0.1, 0.15) is 0 Å². The second-order valence-electron chi connectivity index (χ2n) is 6.49. The number of amides is 1. The Bertz CT molecular complexity index is 504. The molecule has 0 radical (unpaired) electrons. The van der Waals surface area contributed by atoms with Gasteiger partial charge in [-0.3, -0.25) is 14.4 Å². The quantitative estimate of drug-likeness (QED) is 0.848. The number of aryl methyl sites for hydroxylation is 1. The summed E-state index contributed by atoms with van der Waals surface area (Å²) in [6, 6.07) is 0. The molecule has 1 amide bonds. The third-order valence-electron chi connectivity index (χ3n) is 5.02. The van der Waals surface area contributed by atoms with Crippen LogP contribution in [0.4, 0.5) is 0 Å². The van der Waals surface area contributed by atoms with Crippen molar-refractivity contribution >= 4 is 5.91 Å². The Balaban J connectivity index is 1.55. The fraction of sp³-hybridized carbons (Fsp3) is 0.750. The summed E-state index contributed by atoms with van der Waals surface area (Å²) in [6.45, 7) is 6.90. The Hall–Kier alpha value is -1.36. The maximum absolute atomic E-state index is 12.6. The van der Waals surface area contributed by atoms with Gasteiger partial charge in [0.2, 0.25) is 5.91 Å². The number of hydrogen-bond donors (Lipinski definition) is 0. The summed E-state index contributed by atoms with van der Waals surface area (Å²) < 4.78 is 1.92. The van der Waals surface area contributed by atoms with Crippen LogP contribution in [0.15, 0.2) is 6.20 Å². The molecule has 2 aliphatic rings. The molecule has 1 aromatic rings. The van der Waals surface area contributed by atoms with Crippen molar-refractivity contribution in [2.75, 3.05) is 26.2 Å². The fourth-order valence-electron chi connectivity index (χ4n) is 3.49. The van der Waals surface area contributed by atoms with Gasteiger partial charge in [-0.05, 0) is 39.2 Å².